The van der Waals surface area contributed by atoms with E-state index in [4.69, 9.17) is 14.2 Å². The smallest absolute Gasteiger partial charge is 0.407 e. The van der Waals surface area contributed by atoms with E-state index in [1.807, 2.05) is 37.4 Å². The van der Waals surface area contributed by atoms with Crippen LogP contribution in [0.2, 0.25) is 0 Å². The number of hydrogen-bond acceptors (Lipinski definition) is 10. The molecule has 2 N–H and O–H groups in total. The third kappa shape index (κ3) is 5.48. The minimum Gasteiger partial charge on any atom is -0.488 e. The molecule has 2 aliphatic heterocycles. The number of morpholine rings is 1. The first-order chi connectivity index (χ1) is 19.9. The van der Waals surface area contributed by atoms with Crippen molar-refractivity contribution >= 4 is 29.2 Å². The highest BCUT2D eigenvalue weighted by molar-refractivity contribution is 5.87. The first kappa shape index (κ1) is 26.4. The third-order valence-electron chi connectivity index (χ3n) is 7.18. The highest BCUT2D eigenvalue weighted by Crippen LogP contribution is 2.35. The predicted octanol–water partition coefficient (Wildman–Crippen LogP) is 3.70. The fraction of sp³-hybridized carbons (Fsp3) is 0.357. The SMILES string of the molecule is CCOC(=O)c1ccc(Nc2cc3cc(-c4cc(C)ncc4OC4CC5COCC(C4)N5C(=O)O)ccn3n2)nn1. The van der Waals surface area contributed by atoms with Crippen LogP contribution in [0.3, 0.4) is 0 Å². The van der Waals surface area contributed by atoms with Crippen LogP contribution in [0, 0.1) is 6.92 Å². The van der Waals surface area contributed by atoms with Gasteiger partial charge in [-0.3, -0.25) is 9.88 Å². The Labute approximate surface area is 235 Å². The molecule has 0 saturated carbocycles. The van der Waals surface area contributed by atoms with Crippen LogP contribution in [0.4, 0.5) is 16.4 Å². The monoisotopic (exact) mass is 559 g/mol. The molecule has 0 spiro atoms. The number of esters is 1. The number of nitrogens with one attached hydrogen (secondary N) is 1. The molecule has 2 aliphatic rings. The van der Waals surface area contributed by atoms with E-state index in [1.165, 1.54) is 4.90 Å². The number of rotatable bonds is 7. The maximum atomic E-state index is 11.8. The Balaban J connectivity index is 1.21. The molecule has 2 saturated heterocycles. The summed E-state index contributed by atoms with van der Waals surface area (Å²) in [6.45, 7) is 4.66. The summed E-state index contributed by atoms with van der Waals surface area (Å²) in [5, 5.41) is 25.3. The second kappa shape index (κ2) is 11.0. The zero-order valence-electron chi connectivity index (χ0n) is 22.6. The summed E-state index contributed by atoms with van der Waals surface area (Å²) in [5.74, 6) is 1.11. The number of carbonyl (C=O) groups excluding carboxylic acids is 1. The average Bonchev–Trinajstić information content (AvgIpc) is 3.35. The molecule has 2 fully saturated rings. The van der Waals surface area contributed by atoms with E-state index in [2.05, 4.69) is 25.6 Å². The van der Waals surface area contributed by atoms with E-state index in [1.54, 1.807) is 29.8 Å². The molecule has 4 aromatic heterocycles. The summed E-state index contributed by atoms with van der Waals surface area (Å²) in [4.78, 5) is 29.6. The lowest BCUT2D eigenvalue weighted by Gasteiger charge is -2.46. The van der Waals surface area contributed by atoms with E-state index in [0.29, 0.717) is 43.4 Å². The first-order valence-corrected chi connectivity index (χ1v) is 13.4. The summed E-state index contributed by atoms with van der Waals surface area (Å²) in [6, 6.07) is 10.5. The second-order valence-electron chi connectivity index (χ2n) is 10.0. The molecule has 13 nitrogen and oxygen atoms in total. The van der Waals surface area contributed by atoms with Gasteiger partial charge in [0.2, 0.25) is 0 Å². The van der Waals surface area contributed by atoms with Crippen molar-refractivity contribution in [2.45, 2.75) is 44.9 Å². The molecule has 2 atom stereocenters. The van der Waals surface area contributed by atoms with Crippen LogP contribution in [0.15, 0.2) is 48.8 Å². The van der Waals surface area contributed by atoms with Crippen LogP contribution in [-0.2, 0) is 9.47 Å². The standard InChI is InChI=1S/C28H29N7O6/c1-3-40-27(36)23-4-5-25(32-31-23)30-26-12-18-9-17(6-7-34(18)33-26)22-8-16(2)29-13-24(22)41-21-10-19-14-39-15-20(11-21)35(19)28(37)38/h4-9,12-13,19-21H,3,10-11,14-15H2,1-2H3,(H,37,38)(H,30,32,33). The topological polar surface area (TPSA) is 153 Å². The van der Waals surface area contributed by atoms with Gasteiger partial charge in [-0.05, 0) is 49.7 Å². The van der Waals surface area contributed by atoms with Crippen molar-refractivity contribution in [1.29, 1.82) is 0 Å². The normalized spacial score (nSPS) is 20.0. The Morgan fingerprint density at radius 1 is 1.10 bits per heavy atom. The molecule has 1 amide bonds. The van der Waals surface area contributed by atoms with Crippen LogP contribution < -0.4 is 10.1 Å². The number of aromatic nitrogens is 5. The minimum absolute atomic E-state index is 0.131. The number of carbonyl (C=O) groups is 2. The van der Waals surface area contributed by atoms with Crippen molar-refractivity contribution in [2.24, 2.45) is 0 Å². The number of hydrogen-bond donors (Lipinski definition) is 2. The highest BCUT2D eigenvalue weighted by Gasteiger charge is 2.42. The summed E-state index contributed by atoms with van der Waals surface area (Å²) < 4.78 is 18.8. The largest absolute Gasteiger partial charge is 0.488 e. The number of ether oxygens (including phenoxy) is 3. The van der Waals surface area contributed by atoms with E-state index < -0.39 is 12.1 Å². The molecule has 13 heteroatoms. The number of amides is 1. The van der Waals surface area contributed by atoms with Gasteiger partial charge in [-0.2, -0.15) is 5.10 Å². The summed E-state index contributed by atoms with van der Waals surface area (Å²) in [6.07, 6.45) is 3.62. The Morgan fingerprint density at radius 2 is 1.90 bits per heavy atom. The third-order valence-corrected chi connectivity index (χ3v) is 7.18. The van der Waals surface area contributed by atoms with Crippen molar-refractivity contribution in [1.82, 2.24) is 29.7 Å². The fourth-order valence-corrected chi connectivity index (χ4v) is 5.39. The molecule has 0 aliphatic carbocycles. The van der Waals surface area contributed by atoms with Gasteiger partial charge in [-0.1, -0.05) is 0 Å². The maximum absolute atomic E-state index is 11.8. The number of pyridine rings is 2. The molecular weight excluding hydrogens is 530 g/mol. The Morgan fingerprint density at radius 3 is 2.61 bits per heavy atom. The molecule has 41 heavy (non-hydrogen) atoms. The van der Waals surface area contributed by atoms with Gasteiger partial charge in [0.15, 0.2) is 17.3 Å². The molecule has 2 unspecified atom stereocenters. The molecule has 6 heterocycles. The quantitative estimate of drug-likeness (QED) is 0.319. The van der Waals surface area contributed by atoms with Crippen molar-refractivity contribution in [2.75, 3.05) is 25.1 Å². The number of piperidine rings is 1. The van der Waals surface area contributed by atoms with Crippen molar-refractivity contribution in [3.05, 3.63) is 60.2 Å². The van der Waals surface area contributed by atoms with Gasteiger partial charge in [-0.15, -0.1) is 10.2 Å². The number of carboxylic acid groups (broad SMARTS) is 1. The van der Waals surface area contributed by atoms with Crippen molar-refractivity contribution in [3.63, 3.8) is 0 Å². The first-order valence-electron chi connectivity index (χ1n) is 13.4. The van der Waals surface area contributed by atoms with Crippen LogP contribution in [0.5, 0.6) is 5.75 Å². The number of fused-ring (bicyclic) bond motifs is 3. The Bertz CT molecular complexity index is 1580. The van der Waals surface area contributed by atoms with Gasteiger partial charge < -0.3 is 24.6 Å². The number of nitrogens with zero attached hydrogens (tertiary/aromatic N) is 6. The summed E-state index contributed by atoms with van der Waals surface area (Å²) >= 11 is 0. The van der Waals surface area contributed by atoms with Gasteiger partial charge in [0, 0.05) is 36.4 Å². The molecule has 0 radical (unpaired) electrons. The van der Waals surface area contributed by atoms with E-state index in [-0.39, 0.29) is 30.5 Å². The van der Waals surface area contributed by atoms with Gasteiger partial charge in [0.1, 0.15) is 11.9 Å². The van der Waals surface area contributed by atoms with E-state index in [0.717, 1.165) is 22.3 Å². The molecule has 0 aromatic carbocycles. The van der Waals surface area contributed by atoms with Crippen LogP contribution in [-0.4, -0.2) is 84.9 Å². The second-order valence-corrected chi connectivity index (χ2v) is 10.0. The fourth-order valence-electron chi connectivity index (χ4n) is 5.39. The molecular formula is C28H29N7O6. The van der Waals surface area contributed by atoms with Gasteiger partial charge in [0.05, 0.1) is 43.6 Å². The lowest BCUT2D eigenvalue weighted by Crippen LogP contribution is -2.60. The zero-order valence-corrected chi connectivity index (χ0v) is 22.6. The molecule has 212 valence electrons. The van der Waals surface area contributed by atoms with Crippen LogP contribution >= 0.6 is 0 Å². The van der Waals surface area contributed by atoms with Crippen LogP contribution in [0.25, 0.3) is 16.6 Å². The van der Waals surface area contributed by atoms with Gasteiger partial charge in [-0.25, -0.2) is 14.1 Å². The Hall–Kier alpha value is -4.78. The number of aryl methyl sites for hydroxylation is 1. The lowest BCUT2D eigenvalue weighted by molar-refractivity contribution is -0.0857. The molecule has 4 aromatic rings. The Kier molecular flexibility index (Phi) is 7.10. The van der Waals surface area contributed by atoms with Gasteiger partial charge in [0.25, 0.3) is 0 Å². The lowest BCUT2D eigenvalue weighted by atomic mass is 9.92. The molecule has 2 bridgehead atoms. The highest BCUT2D eigenvalue weighted by atomic mass is 16.5. The van der Waals surface area contributed by atoms with Crippen molar-refractivity contribution in [3.8, 4) is 16.9 Å². The van der Waals surface area contributed by atoms with Crippen LogP contribution in [0.1, 0.15) is 35.9 Å². The van der Waals surface area contributed by atoms with E-state index in [9.17, 15) is 14.7 Å². The number of anilines is 2. The minimum atomic E-state index is -0.914. The molecule has 6 rings (SSSR count). The predicted molar refractivity (Wildman–Crippen MR) is 146 cm³/mol. The zero-order chi connectivity index (χ0) is 28.5. The van der Waals surface area contributed by atoms with Crippen molar-refractivity contribution < 1.29 is 28.9 Å². The summed E-state index contributed by atoms with van der Waals surface area (Å²) in [7, 11) is 0. The van der Waals surface area contributed by atoms with E-state index >= 15 is 0 Å². The van der Waals surface area contributed by atoms with Gasteiger partial charge >= 0.3 is 12.1 Å². The average molecular weight is 560 g/mol. The summed E-state index contributed by atoms with van der Waals surface area (Å²) in [5.41, 5.74) is 3.63. The maximum Gasteiger partial charge on any atom is 0.407 e.